The van der Waals surface area contributed by atoms with Gasteiger partial charge >= 0.3 is 11.8 Å². The number of nitrogens with one attached hydrogen (secondary N) is 3. The Morgan fingerprint density at radius 1 is 1.07 bits per heavy atom. The predicted molar refractivity (Wildman–Crippen MR) is 159 cm³/mol. The maximum absolute atomic E-state index is 13.9. The number of carbonyl (C=O) groups excluding carboxylic acids is 2. The molecule has 2 aromatic heterocycles. The highest BCUT2D eigenvalue weighted by atomic mass is 35.5. The van der Waals surface area contributed by atoms with Crippen molar-refractivity contribution in [2.45, 2.75) is 44.8 Å². The second-order valence-corrected chi connectivity index (χ2v) is 12.2. The SMILES string of the molecule is CC(C)(C)OC(=O)N1CCC(Nc2ccc(Cl)cc2)(C(=O)Nc2cccc(-c3csc(-c4noc(=O)[nH]4)c3)c2)CC1. The van der Waals surface area contributed by atoms with Crippen LogP contribution < -0.4 is 16.4 Å². The van der Waals surface area contributed by atoms with Crippen LogP contribution in [-0.4, -0.2) is 51.3 Å². The van der Waals surface area contributed by atoms with E-state index in [-0.39, 0.29) is 5.91 Å². The number of hydrogen-bond donors (Lipinski definition) is 3. The lowest BCUT2D eigenvalue weighted by atomic mass is 9.86. The summed E-state index contributed by atoms with van der Waals surface area (Å²) in [5, 5.41) is 12.8. The quantitative estimate of drug-likeness (QED) is 0.241. The molecule has 0 atom stereocenters. The first-order valence-electron chi connectivity index (χ1n) is 13.1. The lowest BCUT2D eigenvalue weighted by Gasteiger charge is -2.41. The minimum Gasteiger partial charge on any atom is -0.444 e. The van der Waals surface area contributed by atoms with Crippen LogP contribution in [-0.2, 0) is 9.53 Å². The number of aromatic amines is 1. The number of carbonyl (C=O) groups is 2. The molecular weight excluding hydrogens is 566 g/mol. The number of amides is 2. The number of rotatable bonds is 6. The van der Waals surface area contributed by atoms with Crippen LogP contribution in [0.25, 0.3) is 21.8 Å². The largest absolute Gasteiger partial charge is 0.444 e. The molecule has 0 bridgehead atoms. The highest BCUT2D eigenvalue weighted by Crippen LogP contribution is 2.33. The molecular formula is C29H30ClN5O5S. The molecule has 2 aromatic carbocycles. The topological polar surface area (TPSA) is 130 Å². The van der Waals surface area contributed by atoms with Gasteiger partial charge in [-0.25, -0.2) is 9.59 Å². The standard InChI is InChI=1S/C29H30ClN5O5S/c1-28(2,3)39-27(38)35-13-11-29(12-14-35,33-21-9-7-20(30)8-10-21)25(36)31-22-6-4-5-18(15-22)19-16-23(41-17-19)24-32-26(37)40-34-24/h4-10,15-17,33H,11-14H2,1-3H3,(H,31,36)(H,32,34,37). The van der Waals surface area contributed by atoms with Gasteiger partial charge in [-0.15, -0.1) is 11.3 Å². The number of H-pyrrole nitrogens is 1. The molecule has 0 spiro atoms. The Balaban J connectivity index is 1.35. The Hall–Kier alpha value is -4.09. The van der Waals surface area contributed by atoms with Crippen molar-refractivity contribution in [3.8, 4) is 21.8 Å². The van der Waals surface area contributed by atoms with E-state index in [4.69, 9.17) is 16.3 Å². The molecule has 41 heavy (non-hydrogen) atoms. The molecule has 1 fully saturated rings. The summed E-state index contributed by atoms with van der Waals surface area (Å²) in [5.74, 6) is -0.457. The van der Waals surface area contributed by atoms with Gasteiger partial charge in [-0.3, -0.25) is 14.3 Å². The maximum atomic E-state index is 13.9. The first-order valence-corrected chi connectivity index (χ1v) is 14.3. The van der Waals surface area contributed by atoms with Crippen LogP contribution in [0.2, 0.25) is 5.02 Å². The van der Waals surface area contributed by atoms with Gasteiger partial charge in [-0.2, -0.15) is 0 Å². The van der Waals surface area contributed by atoms with Gasteiger partial charge in [0.05, 0.1) is 4.88 Å². The van der Waals surface area contributed by atoms with E-state index in [9.17, 15) is 14.4 Å². The molecule has 4 aromatic rings. The monoisotopic (exact) mass is 595 g/mol. The molecule has 0 radical (unpaired) electrons. The number of piperidine rings is 1. The normalized spacial score (nSPS) is 14.9. The zero-order valence-electron chi connectivity index (χ0n) is 22.8. The third-order valence-electron chi connectivity index (χ3n) is 6.66. The summed E-state index contributed by atoms with van der Waals surface area (Å²) >= 11 is 7.50. The fourth-order valence-corrected chi connectivity index (χ4v) is 5.57. The number of nitrogens with zero attached hydrogens (tertiary/aromatic N) is 2. The van der Waals surface area contributed by atoms with Crippen molar-refractivity contribution in [3.63, 3.8) is 0 Å². The van der Waals surface area contributed by atoms with Crippen LogP contribution in [0.3, 0.4) is 0 Å². The van der Waals surface area contributed by atoms with Crippen molar-refractivity contribution < 1.29 is 18.8 Å². The minimum atomic E-state index is -0.975. The summed E-state index contributed by atoms with van der Waals surface area (Å²) in [6.07, 6.45) is 0.365. The summed E-state index contributed by atoms with van der Waals surface area (Å²) in [5.41, 5.74) is 1.59. The van der Waals surface area contributed by atoms with Gasteiger partial charge in [-0.1, -0.05) is 28.9 Å². The molecule has 0 aliphatic carbocycles. The fraction of sp³-hybridized carbons (Fsp3) is 0.310. The summed E-state index contributed by atoms with van der Waals surface area (Å²) in [7, 11) is 0. The lowest BCUT2D eigenvalue weighted by Crippen LogP contribution is -2.57. The highest BCUT2D eigenvalue weighted by Gasteiger charge is 2.43. The Bertz CT molecular complexity index is 1600. The van der Waals surface area contributed by atoms with E-state index in [1.54, 1.807) is 17.0 Å². The smallest absolute Gasteiger partial charge is 0.439 e. The number of aromatic nitrogens is 2. The van der Waals surface area contributed by atoms with Gasteiger partial charge < -0.3 is 20.3 Å². The van der Waals surface area contributed by atoms with Crippen molar-refractivity contribution >= 4 is 46.3 Å². The zero-order valence-corrected chi connectivity index (χ0v) is 24.4. The van der Waals surface area contributed by atoms with Crippen LogP contribution in [0.15, 0.2) is 69.3 Å². The van der Waals surface area contributed by atoms with E-state index in [2.05, 4.69) is 25.3 Å². The molecule has 0 saturated carbocycles. The van der Waals surface area contributed by atoms with Crippen LogP contribution in [0.4, 0.5) is 16.2 Å². The van der Waals surface area contributed by atoms with Crippen molar-refractivity contribution in [1.82, 2.24) is 15.0 Å². The third kappa shape index (κ3) is 6.80. The molecule has 5 rings (SSSR count). The molecule has 1 aliphatic rings. The summed E-state index contributed by atoms with van der Waals surface area (Å²) in [6.45, 7) is 6.19. The van der Waals surface area contributed by atoms with E-state index in [0.29, 0.717) is 42.5 Å². The Morgan fingerprint density at radius 3 is 2.46 bits per heavy atom. The van der Waals surface area contributed by atoms with Gasteiger partial charge in [0, 0.05) is 29.5 Å². The number of anilines is 2. The summed E-state index contributed by atoms with van der Waals surface area (Å²) in [6, 6.07) is 16.6. The molecule has 1 saturated heterocycles. The third-order valence-corrected chi connectivity index (χ3v) is 7.85. The van der Waals surface area contributed by atoms with Gasteiger partial charge in [0.25, 0.3) is 0 Å². The molecule has 0 unspecified atom stereocenters. The Morgan fingerprint density at radius 2 is 1.80 bits per heavy atom. The van der Waals surface area contributed by atoms with E-state index in [1.807, 2.05) is 68.6 Å². The van der Waals surface area contributed by atoms with Crippen LogP contribution in [0, 0.1) is 0 Å². The minimum absolute atomic E-state index is 0.209. The van der Waals surface area contributed by atoms with Gasteiger partial charge in [0.15, 0.2) is 5.82 Å². The Labute approximate surface area is 245 Å². The van der Waals surface area contributed by atoms with Crippen molar-refractivity contribution in [2.24, 2.45) is 0 Å². The highest BCUT2D eigenvalue weighted by molar-refractivity contribution is 7.13. The lowest BCUT2D eigenvalue weighted by molar-refractivity contribution is -0.121. The second kappa shape index (κ2) is 11.4. The van der Waals surface area contributed by atoms with Gasteiger partial charge in [0.2, 0.25) is 5.91 Å². The van der Waals surface area contributed by atoms with E-state index in [0.717, 1.165) is 21.7 Å². The summed E-state index contributed by atoms with van der Waals surface area (Å²) < 4.78 is 10.2. The van der Waals surface area contributed by atoms with Gasteiger partial charge in [0.1, 0.15) is 11.1 Å². The average molecular weight is 596 g/mol. The molecule has 3 heterocycles. The van der Waals surface area contributed by atoms with Crippen LogP contribution >= 0.6 is 22.9 Å². The van der Waals surface area contributed by atoms with Crippen LogP contribution in [0.5, 0.6) is 0 Å². The van der Waals surface area contributed by atoms with E-state index in [1.165, 1.54) is 11.3 Å². The van der Waals surface area contributed by atoms with Crippen molar-refractivity contribution in [2.75, 3.05) is 23.7 Å². The molecule has 12 heteroatoms. The van der Waals surface area contributed by atoms with E-state index < -0.39 is 23.0 Å². The molecule has 10 nitrogen and oxygen atoms in total. The number of thiophene rings is 1. The van der Waals surface area contributed by atoms with Crippen LogP contribution in [0.1, 0.15) is 33.6 Å². The molecule has 1 aliphatic heterocycles. The first-order chi connectivity index (χ1) is 19.5. The van der Waals surface area contributed by atoms with Gasteiger partial charge in [-0.05, 0) is 92.6 Å². The average Bonchev–Trinajstić information content (AvgIpc) is 3.59. The molecule has 3 N–H and O–H groups in total. The van der Waals surface area contributed by atoms with Crippen molar-refractivity contribution in [1.29, 1.82) is 0 Å². The van der Waals surface area contributed by atoms with E-state index >= 15 is 0 Å². The number of hydrogen-bond acceptors (Lipinski definition) is 8. The zero-order chi connectivity index (χ0) is 29.2. The number of benzene rings is 2. The Kier molecular flexibility index (Phi) is 7.92. The second-order valence-electron chi connectivity index (χ2n) is 10.9. The number of likely N-dealkylation sites (tertiary alicyclic amines) is 1. The summed E-state index contributed by atoms with van der Waals surface area (Å²) in [4.78, 5) is 42.9. The first kappa shape index (κ1) is 28.4. The number of halogens is 1. The number of ether oxygens (including phenoxy) is 1. The maximum Gasteiger partial charge on any atom is 0.439 e. The molecule has 2 amide bonds. The molecule has 214 valence electrons. The van der Waals surface area contributed by atoms with Crippen molar-refractivity contribution in [3.05, 3.63) is 75.6 Å². The fourth-order valence-electron chi connectivity index (χ4n) is 4.59. The predicted octanol–water partition coefficient (Wildman–Crippen LogP) is 6.23.